The number of halogens is 1. The molecule has 1 aliphatic heterocycles. The molecule has 1 aromatic heterocycles. The molecule has 5 nitrogen and oxygen atoms in total. The molecule has 0 amide bonds. The maximum absolute atomic E-state index is 9.16. The maximum Gasteiger partial charge on any atom is 0.0976 e. The Morgan fingerprint density at radius 3 is 2.48 bits per heavy atom. The zero-order valence-electron chi connectivity index (χ0n) is 13.1. The van der Waals surface area contributed by atoms with E-state index in [9.17, 15) is 0 Å². The van der Waals surface area contributed by atoms with Crippen molar-refractivity contribution >= 4 is 15.9 Å². The molecule has 0 saturated carbocycles. The molecular formula is C15H24BrN5. The lowest BCUT2D eigenvalue weighted by molar-refractivity contribution is 0.106. The molecule has 1 atom stereocenters. The van der Waals surface area contributed by atoms with Gasteiger partial charge in [0.1, 0.15) is 0 Å². The molecule has 2 heterocycles. The molecule has 0 aromatic carbocycles. The number of hydrogen-bond donors (Lipinski definition) is 0. The van der Waals surface area contributed by atoms with E-state index in [-0.39, 0.29) is 6.04 Å². The van der Waals surface area contributed by atoms with Gasteiger partial charge in [0.25, 0.3) is 0 Å². The molecular weight excluding hydrogens is 330 g/mol. The maximum atomic E-state index is 9.16. The van der Waals surface area contributed by atoms with Crippen molar-refractivity contribution in [1.29, 1.82) is 5.26 Å². The molecule has 0 N–H and O–H groups in total. The number of nitrogens with zero attached hydrogens (tertiary/aromatic N) is 5. The van der Waals surface area contributed by atoms with Crippen LogP contribution in [0.25, 0.3) is 0 Å². The Bertz CT molecular complexity index is 511. The van der Waals surface area contributed by atoms with E-state index in [0.29, 0.717) is 0 Å². The van der Waals surface area contributed by atoms with E-state index in [1.54, 1.807) is 0 Å². The third-order valence-corrected chi connectivity index (χ3v) is 5.24. The van der Waals surface area contributed by atoms with Crippen LogP contribution >= 0.6 is 15.9 Å². The molecule has 2 rings (SSSR count). The van der Waals surface area contributed by atoms with Crippen molar-refractivity contribution in [3.05, 3.63) is 15.9 Å². The van der Waals surface area contributed by atoms with Crippen molar-refractivity contribution in [3.63, 3.8) is 0 Å². The predicted octanol–water partition coefficient (Wildman–Crippen LogP) is 2.39. The van der Waals surface area contributed by atoms with Gasteiger partial charge in [0.05, 0.1) is 28.0 Å². The summed E-state index contributed by atoms with van der Waals surface area (Å²) in [5.74, 6) is 0. The summed E-state index contributed by atoms with van der Waals surface area (Å²) in [6, 6.07) is 2.47. The summed E-state index contributed by atoms with van der Waals surface area (Å²) in [5.41, 5.74) is 2.32. The highest BCUT2D eigenvalue weighted by molar-refractivity contribution is 9.10. The normalized spacial score (nSPS) is 18.6. The second-order valence-corrected chi connectivity index (χ2v) is 6.32. The summed E-state index contributed by atoms with van der Waals surface area (Å²) in [5, 5.41) is 13.7. The van der Waals surface area contributed by atoms with Gasteiger partial charge in [0.2, 0.25) is 0 Å². The zero-order valence-corrected chi connectivity index (χ0v) is 14.7. The van der Waals surface area contributed by atoms with Gasteiger partial charge in [-0.05, 0) is 36.2 Å². The summed E-state index contributed by atoms with van der Waals surface area (Å²) in [4.78, 5) is 4.75. The molecule has 1 aromatic rings. The molecule has 1 unspecified atom stereocenters. The first-order valence-corrected chi connectivity index (χ1v) is 8.47. The molecule has 1 fully saturated rings. The van der Waals surface area contributed by atoms with E-state index in [1.165, 1.54) is 5.69 Å². The highest BCUT2D eigenvalue weighted by Gasteiger charge is 2.24. The van der Waals surface area contributed by atoms with Crippen LogP contribution in [-0.2, 0) is 13.1 Å². The number of aryl methyl sites for hydroxylation is 2. The average Bonchev–Trinajstić information content (AvgIpc) is 2.78. The van der Waals surface area contributed by atoms with Crippen molar-refractivity contribution in [2.45, 2.75) is 46.3 Å². The molecule has 0 radical (unpaired) electrons. The first-order valence-electron chi connectivity index (χ1n) is 7.68. The van der Waals surface area contributed by atoms with E-state index < -0.39 is 0 Å². The Kier molecular flexibility index (Phi) is 5.80. The third-order valence-electron chi connectivity index (χ3n) is 4.21. The molecule has 116 valence electrons. The largest absolute Gasteiger partial charge is 0.295 e. The van der Waals surface area contributed by atoms with Crippen LogP contribution in [0.3, 0.4) is 0 Å². The van der Waals surface area contributed by atoms with Gasteiger partial charge in [-0.2, -0.15) is 10.4 Å². The minimum Gasteiger partial charge on any atom is -0.295 e. The standard InChI is InChI=1S/C15H24BrN5/c1-4-13(10-17)20-8-6-19(7-9-20)11-14-15(16)12(3)18-21(14)5-2/h13H,4-9,11H2,1-3H3. The summed E-state index contributed by atoms with van der Waals surface area (Å²) in [6.07, 6.45) is 0.907. The SMILES string of the molecule is CCC(C#N)N1CCN(Cc2c(Br)c(C)nn2CC)CC1. The fourth-order valence-corrected chi connectivity index (χ4v) is 3.31. The van der Waals surface area contributed by atoms with Crippen LogP contribution in [0.2, 0.25) is 0 Å². The highest BCUT2D eigenvalue weighted by atomic mass is 79.9. The minimum atomic E-state index is 0.0716. The Labute approximate surface area is 135 Å². The Morgan fingerprint density at radius 2 is 1.95 bits per heavy atom. The van der Waals surface area contributed by atoms with E-state index in [4.69, 9.17) is 5.26 Å². The van der Waals surface area contributed by atoms with Crippen molar-refractivity contribution < 1.29 is 0 Å². The van der Waals surface area contributed by atoms with E-state index >= 15 is 0 Å². The first kappa shape index (κ1) is 16.5. The van der Waals surface area contributed by atoms with Gasteiger partial charge in [-0.15, -0.1) is 0 Å². The lowest BCUT2D eigenvalue weighted by Crippen LogP contribution is -2.49. The lowest BCUT2D eigenvalue weighted by atomic mass is 10.2. The van der Waals surface area contributed by atoms with Gasteiger partial charge in [0, 0.05) is 39.3 Å². The number of aromatic nitrogens is 2. The van der Waals surface area contributed by atoms with E-state index in [1.807, 2.05) is 6.92 Å². The van der Waals surface area contributed by atoms with Crippen LogP contribution in [0.4, 0.5) is 0 Å². The lowest BCUT2D eigenvalue weighted by Gasteiger charge is -2.36. The van der Waals surface area contributed by atoms with Crippen molar-refractivity contribution in [1.82, 2.24) is 19.6 Å². The fraction of sp³-hybridized carbons (Fsp3) is 0.733. The van der Waals surface area contributed by atoms with Gasteiger partial charge >= 0.3 is 0 Å². The summed E-state index contributed by atoms with van der Waals surface area (Å²) in [7, 11) is 0. The van der Waals surface area contributed by atoms with Gasteiger partial charge in [-0.3, -0.25) is 14.5 Å². The zero-order chi connectivity index (χ0) is 15.4. The predicted molar refractivity (Wildman–Crippen MR) is 86.9 cm³/mol. The van der Waals surface area contributed by atoms with Gasteiger partial charge < -0.3 is 0 Å². The third kappa shape index (κ3) is 3.65. The van der Waals surface area contributed by atoms with Crippen LogP contribution in [-0.4, -0.2) is 51.8 Å². The highest BCUT2D eigenvalue weighted by Crippen LogP contribution is 2.23. The van der Waals surface area contributed by atoms with Gasteiger partial charge in [-0.1, -0.05) is 6.92 Å². The molecule has 0 aliphatic carbocycles. The number of hydrogen-bond acceptors (Lipinski definition) is 4. The van der Waals surface area contributed by atoms with Crippen LogP contribution in [0, 0.1) is 18.3 Å². The molecule has 21 heavy (non-hydrogen) atoms. The number of rotatable bonds is 5. The number of nitriles is 1. The molecule has 1 saturated heterocycles. The van der Waals surface area contributed by atoms with Crippen LogP contribution < -0.4 is 0 Å². The summed E-state index contributed by atoms with van der Waals surface area (Å²) in [6.45, 7) is 12.0. The van der Waals surface area contributed by atoms with Crippen LogP contribution in [0.1, 0.15) is 31.7 Å². The van der Waals surface area contributed by atoms with Gasteiger partial charge in [-0.25, -0.2) is 0 Å². The molecule has 0 spiro atoms. The van der Waals surface area contributed by atoms with E-state index in [2.05, 4.69) is 55.4 Å². The van der Waals surface area contributed by atoms with Crippen molar-refractivity contribution in [2.24, 2.45) is 0 Å². The smallest absolute Gasteiger partial charge is 0.0976 e. The monoisotopic (exact) mass is 353 g/mol. The Hall–Kier alpha value is -0.900. The molecule has 6 heteroatoms. The number of piperazine rings is 1. The minimum absolute atomic E-state index is 0.0716. The molecule has 0 bridgehead atoms. The topological polar surface area (TPSA) is 48.1 Å². The first-order chi connectivity index (χ1) is 10.1. The quantitative estimate of drug-likeness (QED) is 0.815. The average molecular weight is 354 g/mol. The van der Waals surface area contributed by atoms with Crippen LogP contribution in [0.15, 0.2) is 4.47 Å². The summed E-state index contributed by atoms with van der Waals surface area (Å²) >= 11 is 3.66. The summed E-state index contributed by atoms with van der Waals surface area (Å²) < 4.78 is 3.21. The second kappa shape index (κ2) is 7.39. The van der Waals surface area contributed by atoms with Crippen LogP contribution in [0.5, 0.6) is 0 Å². The fourth-order valence-electron chi connectivity index (χ4n) is 2.90. The molecule has 1 aliphatic rings. The second-order valence-electron chi connectivity index (χ2n) is 5.53. The van der Waals surface area contributed by atoms with Gasteiger partial charge in [0.15, 0.2) is 0 Å². The van der Waals surface area contributed by atoms with E-state index in [0.717, 1.165) is 55.9 Å². The Balaban J connectivity index is 1.97. The van der Waals surface area contributed by atoms with Crippen molar-refractivity contribution in [2.75, 3.05) is 26.2 Å². The van der Waals surface area contributed by atoms with Crippen molar-refractivity contribution in [3.8, 4) is 6.07 Å². The Morgan fingerprint density at radius 1 is 1.29 bits per heavy atom.